The van der Waals surface area contributed by atoms with Crippen molar-refractivity contribution >= 4 is 16.7 Å². The zero-order valence-electron chi connectivity index (χ0n) is 15.8. The number of rotatable bonds is 6. The molecule has 0 aliphatic carbocycles. The van der Waals surface area contributed by atoms with E-state index in [1.165, 1.54) is 29.3 Å². The minimum Gasteiger partial charge on any atom is -0.491 e. The van der Waals surface area contributed by atoms with E-state index in [4.69, 9.17) is 4.74 Å². The van der Waals surface area contributed by atoms with E-state index in [-0.39, 0.29) is 5.78 Å². The Hall–Kier alpha value is -2.59. The predicted octanol–water partition coefficient (Wildman–Crippen LogP) is 4.63. The number of aromatic amines is 1. The molecule has 2 heterocycles. The van der Waals surface area contributed by atoms with Crippen LogP contribution < -0.4 is 4.74 Å². The summed E-state index contributed by atoms with van der Waals surface area (Å²) in [5.74, 6) is 1.36. The third-order valence-electron chi connectivity index (χ3n) is 5.58. The van der Waals surface area contributed by atoms with Crippen LogP contribution in [0.4, 0.5) is 0 Å². The number of hydrogen-bond acceptors (Lipinski definition) is 3. The first kappa shape index (κ1) is 17.8. The Morgan fingerprint density at radius 3 is 2.67 bits per heavy atom. The molecule has 1 aliphatic heterocycles. The number of carbonyl (C=O) groups is 1. The van der Waals surface area contributed by atoms with Gasteiger partial charge in [-0.05, 0) is 62.5 Å². The molecule has 27 heavy (non-hydrogen) atoms. The Morgan fingerprint density at radius 2 is 1.85 bits per heavy atom. The predicted molar refractivity (Wildman–Crippen MR) is 109 cm³/mol. The second-order valence-electron chi connectivity index (χ2n) is 7.31. The number of fused-ring (bicyclic) bond motifs is 1. The summed E-state index contributed by atoms with van der Waals surface area (Å²) < 4.78 is 5.89. The fourth-order valence-corrected chi connectivity index (χ4v) is 4.07. The van der Waals surface area contributed by atoms with Crippen LogP contribution in [0.1, 0.15) is 41.6 Å². The number of benzene rings is 2. The normalized spacial score (nSPS) is 15.9. The summed E-state index contributed by atoms with van der Waals surface area (Å²) in [4.78, 5) is 17.5. The third-order valence-corrected chi connectivity index (χ3v) is 5.58. The van der Waals surface area contributed by atoms with Crippen LogP contribution in [0.3, 0.4) is 0 Å². The van der Waals surface area contributed by atoms with Gasteiger partial charge in [-0.25, -0.2) is 0 Å². The van der Waals surface area contributed by atoms with Crippen molar-refractivity contribution in [1.29, 1.82) is 0 Å². The highest BCUT2D eigenvalue weighted by atomic mass is 16.5. The average Bonchev–Trinajstić information content (AvgIpc) is 3.13. The fourth-order valence-electron chi connectivity index (χ4n) is 4.07. The molecule has 1 fully saturated rings. The second-order valence-corrected chi connectivity index (χ2v) is 7.31. The highest BCUT2D eigenvalue weighted by Crippen LogP contribution is 2.33. The van der Waals surface area contributed by atoms with Crippen LogP contribution in [0, 0.1) is 0 Å². The number of ether oxygens (including phenoxy) is 1. The molecular formula is C23H26N2O2. The maximum absolute atomic E-state index is 11.7. The van der Waals surface area contributed by atoms with Crippen LogP contribution in [0.5, 0.6) is 5.75 Å². The smallest absolute Gasteiger partial charge is 0.163 e. The molecule has 2 aromatic carbocycles. The van der Waals surface area contributed by atoms with Crippen LogP contribution in [0.25, 0.3) is 10.9 Å². The highest BCUT2D eigenvalue weighted by Gasteiger charge is 2.22. The van der Waals surface area contributed by atoms with Crippen LogP contribution in [-0.4, -0.2) is 41.9 Å². The lowest BCUT2D eigenvalue weighted by molar-refractivity contribution is 0.101. The molecule has 4 heteroatoms. The molecule has 0 saturated carbocycles. The van der Waals surface area contributed by atoms with Gasteiger partial charge in [0, 0.05) is 23.6 Å². The number of likely N-dealkylation sites (tertiary alicyclic amines) is 1. The molecule has 0 atom stereocenters. The van der Waals surface area contributed by atoms with Gasteiger partial charge in [0.2, 0.25) is 0 Å². The quantitative estimate of drug-likeness (QED) is 0.650. The lowest BCUT2D eigenvalue weighted by Gasteiger charge is -2.31. The van der Waals surface area contributed by atoms with Gasteiger partial charge in [0.25, 0.3) is 0 Å². The number of ketones is 1. The summed E-state index contributed by atoms with van der Waals surface area (Å²) in [6.07, 6.45) is 4.53. The number of aromatic nitrogens is 1. The van der Waals surface area contributed by atoms with E-state index in [0.717, 1.165) is 19.6 Å². The maximum Gasteiger partial charge on any atom is 0.163 e. The number of nitrogens with zero attached hydrogens (tertiary/aromatic N) is 1. The number of H-pyrrole nitrogens is 1. The molecule has 0 spiro atoms. The van der Waals surface area contributed by atoms with Gasteiger partial charge in [-0.15, -0.1) is 0 Å². The van der Waals surface area contributed by atoms with E-state index < -0.39 is 0 Å². The van der Waals surface area contributed by atoms with Crippen molar-refractivity contribution in [3.8, 4) is 5.75 Å². The minimum absolute atomic E-state index is 0.0464. The molecule has 0 radical (unpaired) electrons. The first-order valence-electron chi connectivity index (χ1n) is 9.73. The number of hydrogen-bond donors (Lipinski definition) is 1. The van der Waals surface area contributed by atoms with Gasteiger partial charge in [0.15, 0.2) is 5.78 Å². The topological polar surface area (TPSA) is 45.3 Å². The minimum atomic E-state index is 0.0464. The lowest BCUT2D eigenvalue weighted by Crippen LogP contribution is -2.35. The van der Waals surface area contributed by atoms with Gasteiger partial charge in [-0.3, -0.25) is 9.69 Å². The molecule has 1 saturated heterocycles. The first-order valence-corrected chi connectivity index (χ1v) is 9.73. The van der Waals surface area contributed by atoms with Gasteiger partial charge in [0.1, 0.15) is 12.4 Å². The van der Waals surface area contributed by atoms with Gasteiger partial charge in [-0.1, -0.05) is 30.3 Å². The number of carbonyl (C=O) groups excluding carboxylic acids is 1. The largest absolute Gasteiger partial charge is 0.491 e. The Labute approximate surface area is 160 Å². The van der Waals surface area contributed by atoms with Crippen LogP contribution >= 0.6 is 0 Å². The maximum atomic E-state index is 11.7. The summed E-state index contributed by atoms with van der Waals surface area (Å²) >= 11 is 0. The number of piperidine rings is 1. The molecule has 0 amide bonds. The fraction of sp³-hybridized carbons (Fsp3) is 0.348. The molecule has 4 rings (SSSR count). The third kappa shape index (κ3) is 3.91. The molecular weight excluding hydrogens is 336 g/mol. The lowest BCUT2D eigenvalue weighted by atomic mass is 9.89. The first-order chi connectivity index (χ1) is 13.2. The second kappa shape index (κ2) is 7.97. The highest BCUT2D eigenvalue weighted by molar-refractivity contribution is 5.96. The monoisotopic (exact) mass is 362 g/mol. The Bertz CT molecular complexity index is 923. The van der Waals surface area contributed by atoms with Crippen LogP contribution in [0.2, 0.25) is 0 Å². The molecule has 1 N–H and O–H groups in total. The SMILES string of the molecule is CC(=O)c1ccccc1OCCN1CCC(c2c[nH]c3ccccc23)CC1. The molecule has 1 aliphatic rings. The zero-order valence-corrected chi connectivity index (χ0v) is 15.8. The summed E-state index contributed by atoms with van der Waals surface area (Å²) in [7, 11) is 0. The van der Waals surface area contributed by atoms with Crippen molar-refractivity contribution in [2.45, 2.75) is 25.7 Å². The van der Waals surface area contributed by atoms with Gasteiger partial charge >= 0.3 is 0 Å². The van der Waals surface area contributed by atoms with Gasteiger partial charge < -0.3 is 9.72 Å². The van der Waals surface area contributed by atoms with Gasteiger partial charge in [-0.2, -0.15) is 0 Å². The summed E-state index contributed by atoms with van der Waals surface area (Å²) in [6.45, 7) is 5.26. The number of para-hydroxylation sites is 2. The Kier molecular flexibility index (Phi) is 5.26. The van der Waals surface area contributed by atoms with E-state index in [1.54, 1.807) is 6.92 Å². The molecule has 140 valence electrons. The van der Waals surface area contributed by atoms with Crippen LogP contribution in [-0.2, 0) is 0 Å². The van der Waals surface area contributed by atoms with Crippen molar-refractivity contribution in [3.05, 3.63) is 65.9 Å². The summed E-state index contributed by atoms with van der Waals surface area (Å²) in [6, 6.07) is 16.0. The molecule has 0 unspecified atom stereocenters. The van der Waals surface area contributed by atoms with Crippen molar-refractivity contribution in [3.63, 3.8) is 0 Å². The van der Waals surface area contributed by atoms with Gasteiger partial charge in [0.05, 0.1) is 5.56 Å². The number of nitrogens with one attached hydrogen (secondary N) is 1. The number of Topliss-reactive ketones (excluding diaryl/α,β-unsaturated/α-hetero) is 1. The Morgan fingerprint density at radius 1 is 1.11 bits per heavy atom. The molecule has 0 bridgehead atoms. The zero-order chi connectivity index (χ0) is 18.6. The van der Waals surface area contributed by atoms with E-state index in [0.29, 0.717) is 23.8 Å². The van der Waals surface area contributed by atoms with Crippen molar-refractivity contribution < 1.29 is 9.53 Å². The summed E-state index contributed by atoms with van der Waals surface area (Å²) in [5.41, 5.74) is 3.35. The Balaban J connectivity index is 1.30. The average molecular weight is 362 g/mol. The molecule has 1 aromatic heterocycles. The van der Waals surface area contributed by atoms with E-state index in [2.05, 4.69) is 40.3 Å². The van der Waals surface area contributed by atoms with E-state index >= 15 is 0 Å². The molecule has 3 aromatic rings. The van der Waals surface area contributed by atoms with E-state index in [9.17, 15) is 4.79 Å². The van der Waals surface area contributed by atoms with Crippen molar-refractivity contribution in [2.24, 2.45) is 0 Å². The van der Waals surface area contributed by atoms with E-state index in [1.807, 2.05) is 24.3 Å². The summed E-state index contributed by atoms with van der Waals surface area (Å²) in [5, 5.41) is 1.36. The standard InChI is InChI=1S/C23H26N2O2/c1-17(26)19-6-3-5-9-23(19)27-15-14-25-12-10-18(11-13-25)21-16-24-22-8-4-2-7-20(21)22/h2-9,16,18,24H,10-15H2,1H3. The van der Waals surface area contributed by atoms with Crippen molar-refractivity contribution in [1.82, 2.24) is 9.88 Å². The van der Waals surface area contributed by atoms with Crippen molar-refractivity contribution in [2.75, 3.05) is 26.2 Å². The van der Waals surface area contributed by atoms with Crippen LogP contribution in [0.15, 0.2) is 54.7 Å². The molecule has 4 nitrogen and oxygen atoms in total.